The topological polar surface area (TPSA) is 108 Å². The van der Waals surface area contributed by atoms with Crippen LogP contribution in [0.2, 0.25) is 0 Å². The first-order chi connectivity index (χ1) is 12.9. The number of nitriles is 1. The summed E-state index contributed by atoms with van der Waals surface area (Å²) in [6, 6.07) is 14.7. The Morgan fingerprint density at radius 3 is 2.37 bits per heavy atom. The van der Waals surface area contributed by atoms with E-state index in [1.807, 2.05) is 6.92 Å². The van der Waals surface area contributed by atoms with Crippen LogP contribution < -0.4 is 10.0 Å². The average molecular weight is 385 g/mol. The highest BCUT2D eigenvalue weighted by Gasteiger charge is 2.16. The van der Waals surface area contributed by atoms with Gasteiger partial charge in [0, 0.05) is 6.20 Å². The molecule has 8 heteroatoms. The highest BCUT2D eigenvalue weighted by Crippen LogP contribution is 2.25. The summed E-state index contributed by atoms with van der Waals surface area (Å²) in [4.78, 5) is 11.8. The van der Waals surface area contributed by atoms with E-state index in [-0.39, 0.29) is 22.8 Å². The fourth-order valence-electron chi connectivity index (χ4n) is 2.11. The molecule has 27 heavy (non-hydrogen) atoms. The second-order valence-electron chi connectivity index (χ2n) is 5.50. The number of hydrogen-bond acceptors (Lipinski definition) is 6. The Labute approximate surface area is 158 Å². The van der Waals surface area contributed by atoms with Crippen molar-refractivity contribution in [3.05, 3.63) is 65.9 Å². The van der Waals surface area contributed by atoms with E-state index in [4.69, 9.17) is 10.00 Å². The van der Waals surface area contributed by atoms with Gasteiger partial charge in [-0.1, -0.05) is 29.8 Å². The van der Waals surface area contributed by atoms with Gasteiger partial charge in [-0.3, -0.25) is 4.72 Å². The molecule has 140 valence electrons. The third-order valence-electron chi connectivity index (χ3n) is 3.49. The molecule has 2 N–H and O–H groups in total. The van der Waals surface area contributed by atoms with E-state index in [1.54, 1.807) is 49.4 Å². The molecule has 0 aromatic heterocycles. The van der Waals surface area contributed by atoms with Crippen molar-refractivity contribution in [2.75, 3.05) is 16.6 Å². The minimum atomic E-state index is -3.79. The van der Waals surface area contributed by atoms with Crippen molar-refractivity contribution < 1.29 is 17.9 Å². The van der Waals surface area contributed by atoms with Crippen LogP contribution >= 0.6 is 0 Å². The molecule has 0 aliphatic carbocycles. The number of rotatable bonds is 7. The quantitative estimate of drug-likeness (QED) is 0.430. The summed E-state index contributed by atoms with van der Waals surface area (Å²) in [5.74, 6) is -0.759. The van der Waals surface area contributed by atoms with Gasteiger partial charge in [0.25, 0.3) is 10.0 Å². The van der Waals surface area contributed by atoms with Crippen LogP contribution in [0.5, 0.6) is 0 Å². The summed E-state index contributed by atoms with van der Waals surface area (Å²) in [5.41, 5.74) is 1.37. The molecule has 0 atom stereocenters. The molecule has 0 bridgehead atoms. The number of esters is 1. The molecule has 0 radical (unpaired) electrons. The van der Waals surface area contributed by atoms with Crippen LogP contribution in [-0.2, 0) is 19.6 Å². The predicted molar refractivity (Wildman–Crippen MR) is 102 cm³/mol. The molecule has 0 aliphatic rings. The summed E-state index contributed by atoms with van der Waals surface area (Å²) in [6.45, 7) is 3.64. The maximum atomic E-state index is 12.6. The maximum absolute atomic E-state index is 12.6. The highest BCUT2D eigenvalue weighted by atomic mass is 32.2. The van der Waals surface area contributed by atoms with Gasteiger partial charge in [0.15, 0.2) is 5.57 Å². The molecule has 0 unspecified atom stereocenters. The number of carbonyl (C=O) groups excluding carboxylic acids is 1. The molecule has 0 heterocycles. The Bertz CT molecular complexity index is 990. The van der Waals surface area contributed by atoms with Crippen LogP contribution in [0.3, 0.4) is 0 Å². The Morgan fingerprint density at radius 2 is 1.78 bits per heavy atom. The molecule has 0 saturated carbocycles. The number of sulfonamides is 1. The number of nitrogens with one attached hydrogen (secondary N) is 2. The first kappa shape index (κ1) is 20.0. The molecule has 0 saturated heterocycles. The van der Waals surface area contributed by atoms with Crippen LogP contribution in [0.4, 0.5) is 11.4 Å². The van der Waals surface area contributed by atoms with E-state index < -0.39 is 16.0 Å². The van der Waals surface area contributed by atoms with Gasteiger partial charge in [-0.2, -0.15) is 5.26 Å². The van der Waals surface area contributed by atoms with E-state index in [9.17, 15) is 13.2 Å². The first-order valence-electron chi connectivity index (χ1n) is 8.10. The van der Waals surface area contributed by atoms with Crippen molar-refractivity contribution in [3.63, 3.8) is 0 Å². The monoisotopic (exact) mass is 385 g/mol. The van der Waals surface area contributed by atoms with E-state index in [2.05, 4.69) is 10.0 Å². The van der Waals surface area contributed by atoms with Crippen molar-refractivity contribution in [1.82, 2.24) is 0 Å². The lowest BCUT2D eigenvalue weighted by Crippen LogP contribution is -2.14. The zero-order valence-electron chi connectivity index (χ0n) is 14.9. The number of nitrogens with zero attached hydrogens (tertiary/aromatic N) is 1. The first-order valence-corrected chi connectivity index (χ1v) is 9.58. The number of para-hydroxylation sites is 2. The van der Waals surface area contributed by atoms with Gasteiger partial charge in [0.1, 0.15) is 6.07 Å². The van der Waals surface area contributed by atoms with Crippen molar-refractivity contribution in [1.29, 1.82) is 5.26 Å². The van der Waals surface area contributed by atoms with Gasteiger partial charge < -0.3 is 10.1 Å². The molecule has 0 fully saturated rings. The third kappa shape index (κ3) is 5.33. The second-order valence-corrected chi connectivity index (χ2v) is 7.18. The Kier molecular flexibility index (Phi) is 6.57. The summed E-state index contributed by atoms with van der Waals surface area (Å²) >= 11 is 0. The van der Waals surface area contributed by atoms with Gasteiger partial charge in [0.2, 0.25) is 0 Å². The van der Waals surface area contributed by atoms with Crippen LogP contribution in [-0.4, -0.2) is 21.0 Å². The van der Waals surface area contributed by atoms with E-state index in [1.165, 1.54) is 18.3 Å². The van der Waals surface area contributed by atoms with Crippen LogP contribution in [0.15, 0.2) is 65.2 Å². The number of anilines is 2. The molecular formula is C19H19N3O4S. The van der Waals surface area contributed by atoms with E-state index in [0.717, 1.165) is 5.56 Å². The van der Waals surface area contributed by atoms with Crippen LogP contribution in [0, 0.1) is 18.3 Å². The van der Waals surface area contributed by atoms with Crippen molar-refractivity contribution in [2.24, 2.45) is 0 Å². The van der Waals surface area contributed by atoms with Gasteiger partial charge in [0.05, 0.1) is 22.9 Å². The normalized spacial score (nSPS) is 11.4. The lowest BCUT2D eigenvalue weighted by Gasteiger charge is -2.13. The van der Waals surface area contributed by atoms with Crippen LogP contribution in [0.1, 0.15) is 12.5 Å². The molecule has 0 amide bonds. The van der Waals surface area contributed by atoms with Gasteiger partial charge >= 0.3 is 5.97 Å². The molecule has 2 rings (SSSR count). The lowest BCUT2D eigenvalue weighted by molar-refractivity contribution is -0.138. The molecular weight excluding hydrogens is 366 g/mol. The Balaban J connectivity index is 2.26. The van der Waals surface area contributed by atoms with E-state index >= 15 is 0 Å². The maximum Gasteiger partial charge on any atom is 0.350 e. The van der Waals surface area contributed by atoms with Crippen LogP contribution in [0.25, 0.3) is 0 Å². The zero-order valence-corrected chi connectivity index (χ0v) is 15.7. The number of carbonyl (C=O) groups is 1. The molecule has 2 aromatic carbocycles. The molecule has 0 aliphatic heterocycles. The fourth-order valence-corrected chi connectivity index (χ4v) is 3.19. The van der Waals surface area contributed by atoms with Crippen molar-refractivity contribution in [3.8, 4) is 6.07 Å². The van der Waals surface area contributed by atoms with Gasteiger partial charge in [-0.05, 0) is 38.1 Å². The minimum absolute atomic E-state index is 0.127. The third-order valence-corrected chi connectivity index (χ3v) is 4.87. The summed E-state index contributed by atoms with van der Waals surface area (Å²) in [6.07, 6.45) is 1.18. The largest absolute Gasteiger partial charge is 0.462 e. The smallest absolute Gasteiger partial charge is 0.350 e. The van der Waals surface area contributed by atoms with E-state index in [0.29, 0.717) is 5.69 Å². The number of ether oxygens (including phenoxy) is 1. The zero-order chi connectivity index (χ0) is 19.9. The number of benzene rings is 2. The molecule has 2 aromatic rings. The Hall–Kier alpha value is -3.31. The summed E-state index contributed by atoms with van der Waals surface area (Å²) < 4.78 is 32.4. The second kappa shape index (κ2) is 8.87. The van der Waals surface area contributed by atoms with Gasteiger partial charge in [-0.25, -0.2) is 13.2 Å². The van der Waals surface area contributed by atoms with Gasteiger partial charge in [-0.15, -0.1) is 0 Å². The standard InChI is InChI=1S/C19H19N3O4S/c1-3-26-19(23)15(12-20)13-21-17-6-4-5-7-18(17)22-27(24,25)16-10-8-14(2)9-11-16/h4-11,13,21-22H,3H2,1-2H3/b15-13+. The molecule has 0 spiro atoms. The number of aryl methyl sites for hydroxylation is 1. The number of hydrogen-bond donors (Lipinski definition) is 2. The lowest BCUT2D eigenvalue weighted by atomic mass is 10.2. The summed E-state index contributed by atoms with van der Waals surface area (Å²) in [7, 11) is -3.79. The minimum Gasteiger partial charge on any atom is -0.462 e. The van der Waals surface area contributed by atoms with Crippen molar-refractivity contribution in [2.45, 2.75) is 18.7 Å². The average Bonchev–Trinajstić information content (AvgIpc) is 2.64. The fraction of sp³-hybridized carbons (Fsp3) is 0.158. The highest BCUT2D eigenvalue weighted by molar-refractivity contribution is 7.92. The summed E-state index contributed by atoms with van der Waals surface area (Å²) in [5, 5.41) is 11.8. The Morgan fingerprint density at radius 1 is 1.15 bits per heavy atom. The molecule has 7 nitrogen and oxygen atoms in total. The predicted octanol–water partition coefficient (Wildman–Crippen LogP) is 3.18. The van der Waals surface area contributed by atoms with Crippen molar-refractivity contribution >= 4 is 27.4 Å². The SMILES string of the molecule is CCOC(=O)/C(C#N)=C/Nc1ccccc1NS(=O)(=O)c1ccc(C)cc1.